The summed E-state index contributed by atoms with van der Waals surface area (Å²) in [7, 11) is 0. The van der Waals surface area contributed by atoms with E-state index in [1.807, 2.05) is 31.2 Å². The van der Waals surface area contributed by atoms with Gasteiger partial charge in [-0.3, -0.25) is 4.79 Å². The molecule has 1 aromatic rings. The number of nitrogens with zero attached hydrogens (tertiary/aromatic N) is 1. The molecule has 1 saturated heterocycles. The number of hydrogen-bond acceptors (Lipinski definition) is 2. The molecule has 3 nitrogen and oxygen atoms in total. The Labute approximate surface area is 89.3 Å². The van der Waals surface area contributed by atoms with Crippen LogP contribution in [-0.2, 0) is 4.79 Å². The maximum atomic E-state index is 11.7. The second-order valence-electron chi connectivity index (χ2n) is 3.98. The fourth-order valence-electron chi connectivity index (χ4n) is 1.94. The first-order valence-electron chi connectivity index (χ1n) is 5.22. The first-order chi connectivity index (χ1) is 7.18. The van der Waals surface area contributed by atoms with Crippen molar-refractivity contribution in [3.8, 4) is 0 Å². The molecule has 0 aromatic heterocycles. The van der Waals surface area contributed by atoms with E-state index in [1.54, 1.807) is 4.90 Å². The lowest BCUT2D eigenvalue weighted by molar-refractivity contribution is -0.122. The van der Waals surface area contributed by atoms with Crippen LogP contribution < -0.4 is 4.90 Å². The highest BCUT2D eigenvalue weighted by atomic mass is 16.3. The van der Waals surface area contributed by atoms with E-state index < -0.39 is 6.10 Å². The summed E-state index contributed by atoms with van der Waals surface area (Å²) < 4.78 is 0. The van der Waals surface area contributed by atoms with E-state index in [0.29, 0.717) is 13.0 Å². The molecular weight excluding hydrogens is 190 g/mol. The normalized spacial score (nSPS) is 21.9. The first kappa shape index (κ1) is 10.2. The Hall–Kier alpha value is -1.35. The van der Waals surface area contributed by atoms with Crippen LogP contribution in [-0.4, -0.2) is 23.7 Å². The number of amides is 1. The summed E-state index contributed by atoms with van der Waals surface area (Å²) in [6.45, 7) is 2.61. The van der Waals surface area contributed by atoms with Crippen LogP contribution in [0.1, 0.15) is 18.4 Å². The van der Waals surface area contributed by atoms with Gasteiger partial charge in [0.1, 0.15) is 0 Å². The van der Waals surface area contributed by atoms with Crippen molar-refractivity contribution >= 4 is 11.6 Å². The topological polar surface area (TPSA) is 40.5 Å². The third-order valence-electron chi connectivity index (χ3n) is 2.80. The molecule has 0 aliphatic carbocycles. The summed E-state index contributed by atoms with van der Waals surface area (Å²) in [5.41, 5.74) is 2.07. The summed E-state index contributed by atoms with van der Waals surface area (Å²) >= 11 is 0. The highest BCUT2D eigenvalue weighted by molar-refractivity contribution is 5.95. The van der Waals surface area contributed by atoms with Gasteiger partial charge in [-0.1, -0.05) is 18.2 Å². The molecule has 1 amide bonds. The van der Waals surface area contributed by atoms with Gasteiger partial charge in [-0.15, -0.1) is 0 Å². The van der Waals surface area contributed by atoms with Crippen molar-refractivity contribution in [1.29, 1.82) is 0 Å². The van der Waals surface area contributed by atoms with Crippen molar-refractivity contribution in [3.05, 3.63) is 29.8 Å². The third-order valence-corrected chi connectivity index (χ3v) is 2.80. The molecule has 15 heavy (non-hydrogen) atoms. The van der Waals surface area contributed by atoms with Crippen molar-refractivity contribution in [2.45, 2.75) is 25.9 Å². The smallest absolute Gasteiger partial charge is 0.229 e. The van der Waals surface area contributed by atoms with Crippen LogP contribution in [0, 0.1) is 6.92 Å². The Morgan fingerprint density at radius 1 is 1.40 bits per heavy atom. The minimum absolute atomic E-state index is 0.0167. The fourth-order valence-corrected chi connectivity index (χ4v) is 1.94. The molecule has 0 bridgehead atoms. The van der Waals surface area contributed by atoms with Gasteiger partial charge in [0, 0.05) is 12.2 Å². The van der Waals surface area contributed by atoms with Crippen LogP contribution in [0.3, 0.4) is 0 Å². The van der Waals surface area contributed by atoms with Crippen LogP contribution in [0.25, 0.3) is 0 Å². The fraction of sp³-hybridized carbons (Fsp3) is 0.417. The van der Waals surface area contributed by atoms with Crippen LogP contribution in [0.15, 0.2) is 24.3 Å². The highest BCUT2D eigenvalue weighted by Gasteiger charge is 2.25. The lowest BCUT2D eigenvalue weighted by Crippen LogP contribution is -2.41. The van der Waals surface area contributed by atoms with Gasteiger partial charge >= 0.3 is 0 Å². The van der Waals surface area contributed by atoms with Crippen molar-refractivity contribution < 1.29 is 9.90 Å². The SMILES string of the molecule is Cc1ccccc1N1CCC(O)CC1=O. The van der Waals surface area contributed by atoms with Gasteiger partial charge in [-0.2, -0.15) is 0 Å². The van der Waals surface area contributed by atoms with E-state index in [0.717, 1.165) is 11.3 Å². The maximum Gasteiger partial charge on any atom is 0.229 e. The highest BCUT2D eigenvalue weighted by Crippen LogP contribution is 2.24. The second kappa shape index (κ2) is 4.03. The van der Waals surface area contributed by atoms with E-state index in [4.69, 9.17) is 0 Å². The van der Waals surface area contributed by atoms with Crippen LogP contribution in [0.5, 0.6) is 0 Å². The zero-order valence-electron chi connectivity index (χ0n) is 8.81. The number of anilines is 1. The molecule has 1 heterocycles. The lowest BCUT2D eigenvalue weighted by Gasteiger charge is -2.30. The summed E-state index contributed by atoms with van der Waals surface area (Å²) in [5, 5.41) is 9.37. The summed E-state index contributed by atoms with van der Waals surface area (Å²) in [5.74, 6) is 0.0167. The van der Waals surface area contributed by atoms with Crippen molar-refractivity contribution in [1.82, 2.24) is 0 Å². The predicted molar refractivity (Wildman–Crippen MR) is 58.8 cm³/mol. The molecule has 0 radical (unpaired) electrons. The average molecular weight is 205 g/mol. The second-order valence-corrected chi connectivity index (χ2v) is 3.98. The minimum atomic E-state index is -0.460. The summed E-state index contributed by atoms with van der Waals surface area (Å²) in [6.07, 6.45) is 0.451. The largest absolute Gasteiger partial charge is 0.393 e. The van der Waals surface area contributed by atoms with E-state index in [-0.39, 0.29) is 12.3 Å². The molecule has 0 saturated carbocycles. The van der Waals surface area contributed by atoms with Gasteiger partial charge in [0.25, 0.3) is 0 Å². The van der Waals surface area contributed by atoms with E-state index in [1.165, 1.54) is 0 Å². The van der Waals surface area contributed by atoms with E-state index in [9.17, 15) is 9.90 Å². The summed E-state index contributed by atoms with van der Waals surface area (Å²) in [4.78, 5) is 13.5. The zero-order valence-corrected chi connectivity index (χ0v) is 8.81. The van der Waals surface area contributed by atoms with Crippen molar-refractivity contribution in [2.75, 3.05) is 11.4 Å². The van der Waals surface area contributed by atoms with Crippen molar-refractivity contribution in [2.24, 2.45) is 0 Å². The molecule has 1 aliphatic rings. The minimum Gasteiger partial charge on any atom is -0.393 e. The number of rotatable bonds is 1. The molecule has 1 unspecified atom stereocenters. The Bertz CT molecular complexity index is 376. The third kappa shape index (κ3) is 2.02. The average Bonchev–Trinajstić information content (AvgIpc) is 2.20. The Balaban J connectivity index is 2.24. The number of carbonyl (C=O) groups excluding carboxylic acids is 1. The number of hydrogen-bond donors (Lipinski definition) is 1. The lowest BCUT2D eigenvalue weighted by atomic mass is 10.0. The number of carbonyl (C=O) groups is 1. The molecule has 80 valence electrons. The molecule has 1 aliphatic heterocycles. The Morgan fingerprint density at radius 3 is 2.80 bits per heavy atom. The summed E-state index contributed by atoms with van der Waals surface area (Å²) in [6, 6.07) is 7.83. The van der Waals surface area contributed by atoms with Gasteiger partial charge in [0.15, 0.2) is 0 Å². The molecule has 1 N–H and O–H groups in total. The number of aliphatic hydroxyl groups excluding tert-OH is 1. The molecule has 1 atom stereocenters. The van der Waals surface area contributed by atoms with Gasteiger partial charge < -0.3 is 10.0 Å². The quantitative estimate of drug-likeness (QED) is 0.754. The molecule has 1 fully saturated rings. The number of benzene rings is 1. The monoisotopic (exact) mass is 205 g/mol. The van der Waals surface area contributed by atoms with Gasteiger partial charge in [0.05, 0.1) is 12.5 Å². The van der Waals surface area contributed by atoms with E-state index >= 15 is 0 Å². The van der Waals surface area contributed by atoms with E-state index in [2.05, 4.69) is 0 Å². The molecule has 1 aromatic carbocycles. The first-order valence-corrected chi connectivity index (χ1v) is 5.22. The Kier molecular flexibility index (Phi) is 2.73. The number of para-hydroxylation sites is 1. The van der Waals surface area contributed by atoms with Crippen LogP contribution >= 0.6 is 0 Å². The standard InChI is InChI=1S/C12H15NO2/c1-9-4-2-3-5-11(9)13-7-6-10(14)8-12(13)15/h2-5,10,14H,6-8H2,1H3. The number of aryl methyl sites for hydroxylation is 1. The van der Waals surface area contributed by atoms with Gasteiger partial charge in [0.2, 0.25) is 5.91 Å². The molecule has 2 rings (SSSR count). The molecule has 3 heteroatoms. The van der Waals surface area contributed by atoms with Crippen molar-refractivity contribution in [3.63, 3.8) is 0 Å². The van der Waals surface area contributed by atoms with Crippen LogP contribution in [0.4, 0.5) is 5.69 Å². The molecule has 0 spiro atoms. The number of piperidine rings is 1. The predicted octanol–water partition coefficient (Wildman–Crippen LogP) is 1.48. The zero-order chi connectivity index (χ0) is 10.8. The molecular formula is C12H15NO2. The maximum absolute atomic E-state index is 11.7. The number of aliphatic hydroxyl groups is 1. The van der Waals surface area contributed by atoms with Gasteiger partial charge in [-0.05, 0) is 25.0 Å². The van der Waals surface area contributed by atoms with Crippen LogP contribution in [0.2, 0.25) is 0 Å². The van der Waals surface area contributed by atoms with Gasteiger partial charge in [-0.25, -0.2) is 0 Å². The Morgan fingerprint density at radius 2 is 2.13 bits per heavy atom.